The van der Waals surface area contributed by atoms with Crippen LogP contribution in [0.4, 0.5) is 0 Å². The number of hydrogen-bond acceptors (Lipinski definition) is 4. The van der Waals surface area contributed by atoms with E-state index in [-0.39, 0.29) is 18.3 Å². The van der Waals surface area contributed by atoms with Crippen LogP contribution in [0.2, 0.25) is 0 Å². The monoisotopic (exact) mass is 341 g/mol. The summed E-state index contributed by atoms with van der Waals surface area (Å²) < 4.78 is 4.96. The molecule has 1 fully saturated rings. The molecule has 6 heteroatoms. The van der Waals surface area contributed by atoms with Crippen molar-refractivity contribution in [3.63, 3.8) is 0 Å². The van der Waals surface area contributed by atoms with Gasteiger partial charge < -0.3 is 15.0 Å². The summed E-state index contributed by atoms with van der Waals surface area (Å²) in [4.78, 5) is 16.5. The number of likely N-dealkylation sites (N-methyl/N-ethyl adjacent to an activating group) is 1. The van der Waals surface area contributed by atoms with Crippen molar-refractivity contribution >= 4 is 18.3 Å². The van der Waals surface area contributed by atoms with E-state index < -0.39 is 0 Å². The molecule has 1 N–H and O–H groups in total. The summed E-state index contributed by atoms with van der Waals surface area (Å²) >= 11 is 0. The van der Waals surface area contributed by atoms with Crippen LogP contribution in [0.15, 0.2) is 30.3 Å². The number of ether oxygens (including phenoxy) is 1. The predicted octanol–water partition coefficient (Wildman–Crippen LogP) is 1.38. The van der Waals surface area contributed by atoms with Crippen LogP contribution in [0.3, 0.4) is 0 Å². The van der Waals surface area contributed by atoms with Crippen molar-refractivity contribution in [1.82, 2.24) is 15.1 Å². The number of benzene rings is 1. The number of nitrogens with zero attached hydrogens (tertiary/aromatic N) is 2. The van der Waals surface area contributed by atoms with E-state index in [2.05, 4.69) is 34.5 Å². The maximum atomic E-state index is 12.2. The first-order valence-electron chi connectivity index (χ1n) is 7.92. The van der Waals surface area contributed by atoms with E-state index in [1.54, 1.807) is 7.11 Å². The van der Waals surface area contributed by atoms with Crippen LogP contribution in [0.25, 0.3) is 0 Å². The lowest BCUT2D eigenvalue weighted by atomic mass is 10.2. The van der Waals surface area contributed by atoms with Gasteiger partial charge in [0.2, 0.25) is 5.91 Å². The summed E-state index contributed by atoms with van der Waals surface area (Å²) in [5.41, 5.74) is 1.33. The molecule has 1 aromatic carbocycles. The van der Waals surface area contributed by atoms with Crippen LogP contribution in [0.5, 0.6) is 0 Å². The molecule has 0 spiro atoms. The molecule has 23 heavy (non-hydrogen) atoms. The van der Waals surface area contributed by atoms with Gasteiger partial charge >= 0.3 is 0 Å². The van der Waals surface area contributed by atoms with Gasteiger partial charge in [0.25, 0.3) is 0 Å². The van der Waals surface area contributed by atoms with Gasteiger partial charge in [-0.3, -0.25) is 9.69 Å². The largest absolute Gasteiger partial charge is 0.383 e. The fourth-order valence-corrected chi connectivity index (χ4v) is 2.81. The molecule has 1 amide bonds. The van der Waals surface area contributed by atoms with Gasteiger partial charge in [-0.1, -0.05) is 30.3 Å². The maximum Gasteiger partial charge on any atom is 0.236 e. The number of hydrogen-bond donors (Lipinski definition) is 1. The van der Waals surface area contributed by atoms with Crippen LogP contribution in [0, 0.1) is 0 Å². The van der Waals surface area contributed by atoms with Crippen molar-refractivity contribution in [2.75, 3.05) is 46.9 Å². The number of carbonyl (C=O) groups is 1. The summed E-state index contributed by atoms with van der Waals surface area (Å²) in [5.74, 6) is 0.155. The molecule has 1 aliphatic rings. The fourth-order valence-electron chi connectivity index (χ4n) is 2.81. The topological polar surface area (TPSA) is 44.8 Å². The van der Waals surface area contributed by atoms with E-state index in [9.17, 15) is 4.79 Å². The van der Waals surface area contributed by atoms with Crippen molar-refractivity contribution in [3.8, 4) is 0 Å². The van der Waals surface area contributed by atoms with E-state index in [1.165, 1.54) is 5.56 Å². The normalized spacial score (nSPS) is 17.7. The van der Waals surface area contributed by atoms with Gasteiger partial charge in [-0.05, 0) is 12.0 Å². The lowest BCUT2D eigenvalue weighted by molar-refractivity contribution is -0.130. The zero-order valence-corrected chi connectivity index (χ0v) is 14.8. The minimum absolute atomic E-state index is 0. The van der Waals surface area contributed by atoms with E-state index >= 15 is 0 Å². The second-order valence-corrected chi connectivity index (χ2v) is 5.84. The first-order chi connectivity index (χ1) is 10.7. The molecule has 1 saturated heterocycles. The van der Waals surface area contributed by atoms with Crippen LogP contribution in [-0.2, 0) is 16.1 Å². The molecule has 1 aliphatic heterocycles. The highest BCUT2D eigenvalue weighted by Crippen LogP contribution is 2.17. The van der Waals surface area contributed by atoms with E-state index in [1.807, 2.05) is 18.0 Å². The molecule has 0 aliphatic carbocycles. The predicted molar refractivity (Wildman–Crippen MR) is 94.9 cm³/mol. The standard InChI is InChI=1S/C17H27N3O2.ClH/c1-19(17(21)12-18-9-11-22-2)16-8-10-20(14-16)13-15-6-4-3-5-7-15;/h3-7,16,18H,8-14H2,1-2H3;1H. The van der Waals surface area contributed by atoms with E-state index in [0.29, 0.717) is 25.7 Å². The zero-order valence-electron chi connectivity index (χ0n) is 14.0. The Balaban J connectivity index is 0.00000264. The maximum absolute atomic E-state index is 12.2. The van der Waals surface area contributed by atoms with Crippen molar-refractivity contribution in [1.29, 1.82) is 0 Å². The minimum Gasteiger partial charge on any atom is -0.383 e. The summed E-state index contributed by atoms with van der Waals surface area (Å²) in [6.07, 6.45) is 1.05. The van der Waals surface area contributed by atoms with Gasteiger partial charge in [0.05, 0.1) is 13.2 Å². The molecule has 1 atom stereocenters. The molecule has 5 nitrogen and oxygen atoms in total. The first kappa shape index (κ1) is 19.9. The molecular weight excluding hydrogens is 314 g/mol. The Morgan fingerprint density at radius 2 is 2.13 bits per heavy atom. The number of likely N-dealkylation sites (tertiary alicyclic amines) is 1. The summed E-state index contributed by atoms with van der Waals surface area (Å²) in [5, 5.41) is 3.11. The number of nitrogens with one attached hydrogen (secondary N) is 1. The molecular formula is C17H28ClN3O2. The Hall–Kier alpha value is -1.14. The van der Waals surface area contributed by atoms with Gasteiger partial charge in [-0.25, -0.2) is 0 Å². The Morgan fingerprint density at radius 3 is 2.83 bits per heavy atom. The molecule has 1 unspecified atom stereocenters. The Labute approximate surface area is 145 Å². The molecule has 130 valence electrons. The smallest absolute Gasteiger partial charge is 0.236 e. The van der Waals surface area contributed by atoms with E-state index in [4.69, 9.17) is 4.74 Å². The second-order valence-electron chi connectivity index (χ2n) is 5.84. The van der Waals surface area contributed by atoms with Crippen LogP contribution < -0.4 is 5.32 Å². The molecule has 0 radical (unpaired) electrons. The SMILES string of the molecule is COCCNCC(=O)N(C)C1CCN(Cc2ccccc2)C1.Cl. The summed E-state index contributed by atoms with van der Waals surface area (Å²) in [7, 11) is 3.58. The van der Waals surface area contributed by atoms with Gasteiger partial charge in [-0.2, -0.15) is 0 Å². The van der Waals surface area contributed by atoms with Crippen molar-refractivity contribution in [2.24, 2.45) is 0 Å². The van der Waals surface area contributed by atoms with Crippen molar-refractivity contribution < 1.29 is 9.53 Å². The van der Waals surface area contributed by atoms with Gasteiger partial charge in [0.1, 0.15) is 0 Å². The average molecular weight is 342 g/mol. The quantitative estimate of drug-likeness (QED) is 0.726. The van der Waals surface area contributed by atoms with Gasteiger partial charge in [-0.15, -0.1) is 12.4 Å². The van der Waals surface area contributed by atoms with E-state index in [0.717, 1.165) is 26.1 Å². The molecule has 1 aromatic rings. The van der Waals surface area contributed by atoms with Crippen LogP contribution in [-0.4, -0.2) is 68.7 Å². The molecule has 0 bridgehead atoms. The molecule has 2 rings (SSSR count). The lowest BCUT2D eigenvalue weighted by Gasteiger charge is -2.25. The summed E-state index contributed by atoms with van der Waals surface area (Å²) in [6.45, 7) is 4.69. The number of methoxy groups -OCH3 is 1. The highest BCUT2D eigenvalue weighted by molar-refractivity contribution is 5.85. The van der Waals surface area contributed by atoms with Crippen molar-refractivity contribution in [2.45, 2.75) is 19.0 Å². The highest BCUT2D eigenvalue weighted by Gasteiger charge is 2.27. The van der Waals surface area contributed by atoms with Crippen molar-refractivity contribution in [3.05, 3.63) is 35.9 Å². The zero-order chi connectivity index (χ0) is 15.8. The van der Waals surface area contributed by atoms with Crippen LogP contribution >= 0.6 is 12.4 Å². The fraction of sp³-hybridized carbons (Fsp3) is 0.588. The molecule has 0 saturated carbocycles. The first-order valence-corrected chi connectivity index (χ1v) is 7.92. The van der Waals surface area contributed by atoms with Crippen LogP contribution in [0.1, 0.15) is 12.0 Å². The average Bonchev–Trinajstić information content (AvgIpc) is 3.00. The third kappa shape index (κ3) is 6.47. The number of halogens is 1. The van der Waals surface area contributed by atoms with Gasteiger partial charge in [0, 0.05) is 46.4 Å². The molecule has 1 heterocycles. The molecule has 0 aromatic heterocycles. The number of amides is 1. The third-order valence-corrected chi connectivity index (χ3v) is 4.20. The Bertz CT molecular complexity index is 458. The van der Waals surface area contributed by atoms with Gasteiger partial charge in [0.15, 0.2) is 0 Å². The lowest BCUT2D eigenvalue weighted by Crippen LogP contribution is -2.43. The third-order valence-electron chi connectivity index (χ3n) is 4.20. The summed E-state index contributed by atoms with van der Waals surface area (Å²) in [6, 6.07) is 10.8. The minimum atomic E-state index is 0. The number of rotatable bonds is 8. The highest BCUT2D eigenvalue weighted by atomic mass is 35.5. The Kier molecular flexibility index (Phi) is 9.17. The second kappa shape index (κ2) is 10.6. The Morgan fingerprint density at radius 1 is 1.39 bits per heavy atom. The number of carbonyl (C=O) groups excluding carboxylic acids is 1.